The number of fused-ring (bicyclic) bond motifs is 1. The van der Waals surface area contributed by atoms with Crippen molar-refractivity contribution in [3.05, 3.63) is 18.2 Å². The van der Waals surface area contributed by atoms with Crippen molar-refractivity contribution in [2.75, 3.05) is 7.05 Å². The summed E-state index contributed by atoms with van der Waals surface area (Å²) in [5, 5.41) is 3.59. The van der Waals surface area contributed by atoms with Gasteiger partial charge in [-0.1, -0.05) is 12.8 Å². The largest absolute Gasteiger partial charge is 0.347 e. The summed E-state index contributed by atoms with van der Waals surface area (Å²) in [5.74, 6) is 1.83. The highest BCUT2D eigenvalue weighted by Gasteiger charge is 2.35. The molecule has 110 valence electrons. The van der Waals surface area contributed by atoms with Gasteiger partial charge in [-0.25, -0.2) is 4.98 Å². The highest BCUT2D eigenvalue weighted by atomic mass is 16.2. The molecule has 3 atom stereocenters. The first-order valence-electron chi connectivity index (χ1n) is 7.73. The highest BCUT2D eigenvalue weighted by Crippen LogP contribution is 2.32. The van der Waals surface area contributed by atoms with Gasteiger partial charge >= 0.3 is 0 Å². The fourth-order valence-corrected chi connectivity index (χ4v) is 3.64. The number of nitrogens with zero attached hydrogens (tertiary/aromatic N) is 2. The van der Waals surface area contributed by atoms with Crippen molar-refractivity contribution in [1.82, 2.24) is 20.2 Å². The summed E-state index contributed by atoms with van der Waals surface area (Å²) in [6.45, 7) is 0.554. The summed E-state index contributed by atoms with van der Waals surface area (Å²) in [7, 11) is 1.86. The number of likely N-dealkylation sites (N-methyl/N-ethyl adjacent to an activating group) is 1. The summed E-state index contributed by atoms with van der Waals surface area (Å²) in [4.78, 5) is 21.5. The summed E-state index contributed by atoms with van der Waals surface area (Å²) in [6, 6.07) is 0.553. The van der Waals surface area contributed by atoms with Crippen LogP contribution in [0.2, 0.25) is 0 Å². The molecular formula is C15H24N4O. The van der Waals surface area contributed by atoms with Gasteiger partial charge < -0.3 is 15.2 Å². The summed E-state index contributed by atoms with van der Waals surface area (Å²) in [6.07, 6.45) is 10.9. The van der Waals surface area contributed by atoms with E-state index >= 15 is 0 Å². The van der Waals surface area contributed by atoms with Gasteiger partial charge in [0.05, 0.1) is 12.6 Å². The average molecular weight is 276 g/mol. The lowest BCUT2D eigenvalue weighted by atomic mass is 9.77. The van der Waals surface area contributed by atoms with E-state index in [-0.39, 0.29) is 11.9 Å². The number of rotatable bonds is 3. The average Bonchev–Trinajstić information content (AvgIpc) is 2.99. The fourth-order valence-electron chi connectivity index (χ4n) is 3.64. The minimum atomic E-state index is -0.00527. The van der Waals surface area contributed by atoms with Gasteiger partial charge in [-0.2, -0.15) is 0 Å². The Hall–Kier alpha value is -1.36. The van der Waals surface area contributed by atoms with E-state index in [0.717, 1.165) is 18.2 Å². The van der Waals surface area contributed by atoms with Crippen LogP contribution < -0.4 is 5.32 Å². The number of imidazole rings is 1. The topological polar surface area (TPSA) is 61.0 Å². The van der Waals surface area contributed by atoms with Crippen molar-refractivity contribution in [2.24, 2.45) is 5.92 Å². The maximum absolute atomic E-state index is 12.5. The zero-order valence-corrected chi connectivity index (χ0v) is 12.1. The second-order valence-electron chi connectivity index (χ2n) is 6.18. The molecule has 0 bridgehead atoms. The van der Waals surface area contributed by atoms with Gasteiger partial charge in [0.25, 0.3) is 0 Å². The molecule has 1 saturated carbocycles. The lowest BCUT2D eigenvalue weighted by molar-refractivity contribution is -0.134. The second-order valence-corrected chi connectivity index (χ2v) is 6.18. The van der Waals surface area contributed by atoms with Gasteiger partial charge in [0.1, 0.15) is 5.82 Å². The number of carbonyl (C=O) groups is 1. The molecule has 1 saturated heterocycles. The molecule has 0 spiro atoms. The Morgan fingerprint density at radius 2 is 2.20 bits per heavy atom. The Morgan fingerprint density at radius 1 is 1.35 bits per heavy atom. The van der Waals surface area contributed by atoms with E-state index in [9.17, 15) is 4.79 Å². The number of nitrogens with one attached hydrogen (secondary N) is 2. The van der Waals surface area contributed by atoms with E-state index in [2.05, 4.69) is 15.3 Å². The number of aromatic nitrogens is 2. The van der Waals surface area contributed by atoms with E-state index in [4.69, 9.17) is 0 Å². The van der Waals surface area contributed by atoms with Gasteiger partial charge in [-0.15, -0.1) is 0 Å². The molecule has 2 aliphatic rings. The predicted molar refractivity (Wildman–Crippen MR) is 77.0 cm³/mol. The molecule has 1 amide bonds. The highest BCUT2D eigenvalue weighted by molar-refractivity contribution is 5.81. The Morgan fingerprint density at radius 3 is 3.00 bits per heavy atom. The molecule has 1 aliphatic carbocycles. The first-order valence-corrected chi connectivity index (χ1v) is 7.73. The molecule has 1 aromatic rings. The normalized spacial score (nSPS) is 29.8. The number of carbonyl (C=O) groups excluding carboxylic acids is 1. The molecule has 3 unspecified atom stereocenters. The summed E-state index contributed by atoms with van der Waals surface area (Å²) < 4.78 is 0. The van der Waals surface area contributed by atoms with Crippen LogP contribution in [0.15, 0.2) is 12.4 Å². The van der Waals surface area contributed by atoms with Gasteiger partial charge in [0, 0.05) is 25.5 Å². The van der Waals surface area contributed by atoms with Crippen LogP contribution in [0.1, 0.15) is 44.3 Å². The molecular weight excluding hydrogens is 252 g/mol. The SMILES string of the molecule is CN(Cc1ncc[nH]1)C(=O)C1CCC2CCCCC2N1. The van der Waals surface area contributed by atoms with Crippen LogP contribution in [0.25, 0.3) is 0 Å². The fraction of sp³-hybridized carbons (Fsp3) is 0.733. The number of piperidine rings is 1. The molecule has 5 nitrogen and oxygen atoms in total. The molecule has 2 fully saturated rings. The van der Waals surface area contributed by atoms with Gasteiger partial charge in [-0.05, 0) is 31.6 Å². The summed E-state index contributed by atoms with van der Waals surface area (Å²) >= 11 is 0. The standard InChI is InChI=1S/C15H24N4O/c1-19(10-14-16-8-9-17-14)15(20)13-7-6-11-4-2-3-5-12(11)18-13/h8-9,11-13,18H,2-7,10H2,1H3,(H,16,17). The summed E-state index contributed by atoms with van der Waals surface area (Å²) in [5.41, 5.74) is 0. The molecule has 1 aromatic heterocycles. The molecule has 3 rings (SSSR count). The minimum Gasteiger partial charge on any atom is -0.347 e. The molecule has 5 heteroatoms. The number of hydrogen-bond acceptors (Lipinski definition) is 3. The monoisotopic (exact) mass is 276 g/mol. The van der Waals surface area contributed by atoms with Crippen LogP contribution >= 0.6 is 0 Å². The van der Waals surface area contributed by atoms with Crippen molar-refractivity contribution in [3.63, 3.8) is 0 Å². The quantitative estimate of drug-likeness (QED) is 0.883. The van der Waals surface area contributed by atoms with E-state index in [1.54, 1.807) is 17.3 Å². The maximum Gasteiger partial charge on any atom is 0.239 e. The Kier molecular flexibility index (Phi) is 4.05. The molecule has 0 radical (unpaired) electrons. The van der Waals surface area contributed by atoms with Crippen molar-refractivity contribution < 1.29 is 4.79 Å². The van der Waals surface area contributed by atoms with E-state index in [1.807, 2.05) is 7.05 Å². The maximum atomic E-state index is 12.5. The van der Waals surface area contributed by atoms with Crippen molar-refractivity contribution in [1.29, 1.82) is 0 Å². The molecule has 1 aliphatic heterocycles. The molecule has 20 heavy (non-hydrogen) atoms. The third-order valence-corrected chi connectivity index (χ3v) is 4.77. The van der Waals surface area contributed by atoms with Crippen LogP contribution in [0.3, 0.4) is 0 Å². The molecule has 2 N–H and O–H groups in total. The van der Waals surface area contributed by atoms with Crippen molar-refractivity contribution >= 4 is 5.91 Å². The van der Waals surface area contributed by atoms with Gasteiger partial charge in [-0.3, -0.25) is 4.79 Å². The lowest BCUT2D eigenvalue weighted by Gasteiger charge is -2.40. The zero-order chi connectivity index (χ0) is 13.9. The van der Waals surface area contributed by atoms with Crippen LogP contribution in [-0.4, -0.2) is 39.9 Å². The van der Waals surface area contributed by atoms with Gasteiger partial charge in [0.2, 0.25) is 5.91 Å². The molecule has 0 aromatic carbocycles. The van der Waals surface area contributed by atoms with Crippen molar-refractivity contribution in [3.8, 4) is 0 Å². The van der Waals surface area contributed by atoms with Gasteiger partial charge in [0.15, 0.2) is 0 Å². The number of aromatic amines is 1. The Bertz CT molecular complexity index is 445. The predicted octanol–water partition coefficient (Wildman–Crippen LogP) is 1.68. The van der Waals surface area contributed by atoms with Crippen LogP contribution in [0.5, 0.6) is 0 Å². The third-order valence-electron chi connectivity index (χ3n) is 4.77. The van der Waals surface area contributed by atoms with Crippen LogP contribution in [0.4, 0.5) is 0 Å². The third kappa shape index (κ3) is 2.87. The lowest BCUT2D eigenvalue weighted by Crippen LogP contribution is -2.55. The van der Waals surface area contributed by atoms with Crippen LogP contribution in [-0.2, 0) is 11.3 Å². The molecule has 2 heterocycles. The van der Waals surface area contributed by atoms with E-state index in [1.165, 1.54) is 32.1 Å². The first kappa shape index (κ1) is 13.6. The Balaban J connectivity index is 1.56. The minimum absolute atomic E-state index is 0.00527. The van der Waals surface area contributed by atoms with E-state index < -0.39 is 0 Å². The Labute approximate surface area is 120 Å². The smallest absolute Gasteiger partial charge is 0.239 e. The number of H-pyrrole nitrogens is 1. The zero-order valence-electron chi connectivity index (χ0n) is 12.1. The number of amides is 1. The van der Waals surface area contributed by atoms with Crippen molar-refractivity contribution in [2.45, 2.75) is 57.2 Å². The van der Waals surface area contributed by atoms with Crippen LogP contribution in [0, 0.1) is 5.92 Å². The van der Waals surface area contributed by atoms with E-state index in [0.29, 0.717) is 12.6 Å². The first-order chi connectivity index (χ1) is 9.74. The number of hydrogen-bond donors (Lipinski definition) is 2. The second kappa shape index (κ2) is 5.95.